The smallest absolute Gasteiger partial charge is 0.363 e. The van der Waals surface area contributed by atoms with Crippen molar-refractivity contribution >= 4 is 17.3 Å². The molecule has 1 aliphatic rings. The van der Waals surface area contributed by atoms with Gasteiger partial charge in [0.15, 0.2) is 17.2 Å². The summed E-state index contributed by atoms with van der Waals surface area (Å²) in [6.45, 7) is 2.48. The highest BCUT2D eigenvalue weighted by molar-refractivity contribution is 7.09. The maximum Gasteiger partial charge on any atom is 0.363 e. The van der Waals surface area contributed by atoms with Gasteiger partial charge in [0.05, 0.1) is 0 Å². The molecule has 0 unspecified atom stereocenters. The summed E-state index contributed by atoms with van der Waals surface area (Å²) in [5.74, 6) is 1.80. The summed E-state index contributed by atoms with van der Waals surface area (Å²) >= 11 is 1.35. The summed E-state index contributed by atoms with van der Waals surface area (Å²) in [6.07, 6.45) is 0. The molecule has 0 amide bonds. The first kappa shape index (κ1) is 16.4. The van der Waals surface area contributed by atoms with Crippen molar-refractivity contribution in [2.24, 2.45) is 0 Å². The quantitative estimate of drug-likeness (QED) is 0.501. The third-order valence-corrected chi connectivity index (χ3v) is 4.52. The standard InChI is InChI=1S/C19H15NO5S/c1-12-2-4-13(5-3-12)22-9-18-20-15(10-26-18)19(21)25-14-6-7-16-17(8-14)24-11-23-16/h2-8,10H,9,11H2,1H3. The molecule has 26 heavy (non-hydrogen) atoms. The molecule has 2 heterocycles. The third kappa shape index (κ3) is 3.62. The minimum absolute atomic E-state index is 0.170. The highest BCUT2D eigenvalue weighted by Crippen LogP contribution is 2.35. The molecule has 7 heteroatoms. The minimum Gasteiger partial charge on any atom is -0.486 e. The molecule has 0 saturated carbocycles. The number of carbonyl (C=O) groups excluding carboxylic acids is 1. The molecule has 2 aromatic carbocycles. The molecule has 6 nitrogen and oxygen atoms in total. The lowest BCUT2D eigenvalue weighted by Crippen LogP contribution is -2.09. The second kappa shape index (κ2) is 7.05. The van der Waals surface area contributed by atoms with Gasteiger partial charge in [0.25, 0.3) is 0 Å². The number of ether oxygens (including phenoxy) is 4. The van der Waals surface area contributed by atoms with Gasteiger partial charge in [0.1, 0.15) is 23.1 Å². The topological polar surface area (TPSA) is 66.9 Å². The summed E-state index contributed by atoms with van der Waals surface area (Å²) < 4.78 is 21.5. The van der Waals surface area contributed by atoms with Gasteiger partial charge in [-0.1, -0.05) is 17.7 Å². The Hall–Kier alpha value is -3.06. The molecular formula is C19H15NO5S. The van der Waals surface area contributed by atoms with Gasteiger partial charge in [-0.2, -0.15) is 0 Å². The van der Waals surface area contributed by atoms with E-state index in [0.717, 1.165) is 5.75 Å². The molecule has 0 spiro atoms. The SMILES string of the molecule is Cc1ccc(OCc2nc(C(=O)Oc3ccc4c(c3)OCO4)cs2)cc1. The van der Waals surface area contributed by atoms with E-state index in [2.05, 4.69) is 4.98 Å². The number of rotatable bonds is 5. The van der Waals surface area contributed by atoms with E-state index >= 15 is 0 Å². The lowest BCUT2D eigenvalue weighted by atomic mass is 10.2. The van der Waals surface area contributed by atoms with E-state index in [-0.39, 0.29) is 12.5 Å². The maximum atomic E-state index is 12.2. The second-order valence-corrected chi connectivity index (χ2v) is 6.58. The number of hydrogen-bond acceptors (Lipinski definition) is 7. The van der Waals surface area contributed by atoms with Gasteiger partial charge in [0, 0.05) is 11.4 Å². The Bertz CT molecular complexity index is 935. The number of thiazole rings is 1. The first-order valence-electron chi connectivity index (χ1n) is 7.93. The maximum absolute atomic E-state index is 12.2. The van der Waals surface area contributed by atoms with Gasteiger partial charge in [-0.3, -0.25) is 0 Å². The predicted octanol–water partition coefficient (Wildman–Crippen LogP) is 3.98. The van der Waals surface area contributed by atoms with Crippen molar-refractivity contribution in [2.75, 3.05) is 6.79 Å². The van der Waals surface area contributed by atoms with Gasteiger partial charge < -0.3 is 18.9 Å². The summed E-state index contributed by atoms with van der Waals surface area (Å²) in [4.78, 5) is 16.5. The van der Waals surface area contributed by atoms with Crippen LogP contribution in [0.5, 0.6) is 23.0 Å². The van der Waals surface area contributed by atoms with Crippen molar-refractivity contribution in [2.45, 2.75) is 13.5 Å². The van der Waals surface area contributed by atoms with Crippen molar-refractivity contribution < 1.29 is 23.7 Å². The lowest BCUT2D eigenvalue weighted by molar-refractivity contribution is 0.0729. The molecule has 1 aromatic heterocycles. The summed E-state index contributed by atoms with van der Waals surface area (Å²) in [5.41, 5.74) is 1.41. The van der Waals surface area contributed by atoms with Crippen LogP contribution in [0.25, 0.3) is 0 Å². The number of esters is 1. The van der Waals surface area contributed by atoms with Crippen LogP contribution < -0.4 is 18.9 Å². The molecule has 0 radical (unpaired) electrons. The van der Waals surface area contributed by atoms with Crippen LogP contribution in [0.3, 0.4) is 0 Å². The zero-order chi connectivity index (χ0) is 17.9. The van der Waals surface area contributed by atoms with Gasteiger partial charge in [-0.15, -0.1) is 11.3 Å². The van der Waals surface area contributed by atoms with Gasteiger partial charge in [0.2, 0.25) is 6.79 Å². The van der Waals surface area contributed by atoms with Crippen LogP contribution in [0.1, 0.15) is 21.1 Å². The number of carbonyl (C=O) groups is 1. The zero-order valence-corrected chi connectivity index (χ0v) is 14.7. The van der Waals surface area contributed by atoms with Crippen molar-refractivity contribution in [3.8, 4) is 23.0 Å². The molecule has 0 aliphatic carbocycles. The van der Waals surface area contributed by atoms with E-state index in [1.165, 1.54) is 16.9 Å². The number of aryl methyl sites for hydroxylation is 1. The number of fused-ring (bicyclic) bond motifs is 1. The van der Waals surface area contributed by atoms with Crippen LogP contribution in [-0.4, -0.2) is 17.7 Å². The molecule has 3 aromatic rings. The average molecular weight is 369 g/mol. The van der Waals surface area contributed by atoms with Crippen LogP contribution >= 0.6 is 11.3 Å². The van der Waals surface area contributed by atoms with E-state index in [0.29, 0.717) is 28.9 Å². The Labute approximate surface area is 153 Å². The average Bonchev–Trinajstić information content (AvgIpc) is 3.30. The van der Waals surface area contributed by atoms with Crippen LogP contribution in [0, 0.1) is 6.92 Å². The van der Waals surface area contributed by atoms with Crippen molar-refractivity contribution in [3.05, 3.63) is 64.1 Å². The van der Waals surface area contributed by atoms with E-state index in [1.54, 1.807) is 23.6 Å². The Morgan fingerprint density at radius 3 is 2.73 bits per heavy atom. The van der Waals surface area contributed by atoms with Crippen LogP contribution in [-0.2, 0) is 6.61 Å². The molecule has 4 rings (SSSR count). The Morgan fingerprint density at radius 1 is 1.12 bits per heavy atom. The van der Waals surface area contributed by atoms with E-state index < -0.39 is 5.97 Å². The van der Waals surface area contributed by atoms with Crippen LogP contribution in [0.2, 0.25) is 0 Å². The largest absolute Gasteiger partial charge is 0.486 e. The summed E-state index contributed by atoms with van der Waals surface area (Å²) in [5, 5.41) is 2.35. The summed E-state index contributed by atoms with van der Waals surface area (Å²) in [7, 11) is 0. The van der Waals surface area contributed by atoms with Crippen LogP contribution in [0.15, 0.2) is 47.8 Å². The monoisotopic (exact) mass is 369 g/mol. The lowest BCUT2D eigenvalue weighted by Gasteiger charge is -2.04. The number of benzene rings is 2. The van der Waals surface area contributed by atoms with E-state index in [4.69, 9.17) is 18.9 Å². The van der Waals surface area contributed by atoms with Gasteiger partial charge in [-0.05, 0) is 31.2 Å². The molecular weight excluding hydrogens is 354 g/mol. The molecule has 0 atom stereocenters. The Morgan fingerprint density at radius 2 is 1.88 bits per heavy atom. The second-order valence-electron chi connectivity index (χ2n) is 5.63. The molecule has 0 bridgehead atoms. The van der Waals surface area contributed by atoms with Crippen LogP contribution in [0.4, 0.5) is 0 Å². The molecule has 0 fully saturated rings. The highest BCUT2D eigenvalue weighted by atomic mass is 32.1. The fourth-order valence-corrected chi connectivity index (χ4v) is 3.02. The van der Waals surface area contributed by atoms with E-state index in [9.17, 15) is 4.79 Å². The number of aromatic nitrogens is 1. The van der Waals surface area contributed by atoms with Crippen molar-refractivity contribution in [1.82, 2.24) is 4.98 Å². The molecule has 0 N–H and O–H groups in total. The number of nitrogens with zero attached hydrogens (tertiary/aromatic N) is 1. The zero-order valence-electron chi connectivity index (χ0n) is 13.9. The van der Waals surface area contributed by atoms with E-state index in [1.807, 2.05) is 31.2 Å². The van der Waals surface area contributed by atoms with Crippen molar-refractivity contribution in [3.63, 3.8) is 0 Å². The molecule has 132 valence electrons. The van der Waals surface area contributed by atoms with Gasteiger partial charge in [-0.25, -0.2) is 9.78 Å². The molecule has 1 aliphatic heterocycles. The van der Waals surface area contributed by atoms with Gasteiger partial charge >= 0.3 is 5.97 Å². The Kier molecular flexibility index (Phi) is 4.45. The fraction of sp³-hybridized carbons (Fsp3) is 0.158. The number of hydrogen-bond donors (Lipinski definition) is 0. The predicted molar refractivity (Wildman–Crippen MR) is 95.1 cm³/mol. The third-order valence-electron chi connectivity index (χ3n) is 3.70. The first-order valence-corrected chi connectivity index (χ1v) is 8.81. The first-order chi connectivity index (χ1) is 12.7. The normalized spacial score (nSPS) is 12.0. The minimum atomic E-state index is -0.526. The molecule has 0 saturated heterocycles. The highest BCUT2D eigenvalue weighted by Gasteiger charge is 2.17. The fourth-order valence-electron chi connectivity index (χ4n) is 2.35. The summed E-state index contributed by atoms with van der Waals surface area (Å²) in [6, 6.07) is 12.7. The Balaban J connectivity index is 1.37. The van der Waals surface area contributed by atoms with Crippen molar-refractivity contribution in [1.29, 1.82) is 0 Å².